The number of carbonyl (C=O) groups excluding carboxylic acids is 1. The van der Waals surface area contributed by atoms with Gasteiger partial charge in [-0.15, -0.1) is 0 Å². The van der Waals surface area contributed by atoms with E-state index in [0.29, 0.717) is 25.0 Å². The van der Waals surface area contributed by atoms with Crippen LogP contribution >= 0.6 is 0 Å². The molecule has 5 nitrogen and oxygen atoms in total. The highest BCUT2D eigenvalue weighted by Crippen LogP contribution is 2.23. The van der Waals surface area contributed by atoms with Crippen LogP contribution in [0.2, 0.25) is 0 Å². The Morgan fingerprint density at radius 2 is 1.96 bits per heavy atom. The van der Waals surface area contributed by atoms with E-state index < -0.39 is 0 Å². The molecule has 0 aliphatic carbocycles. The molecule has 2 atom stereocenters. The summed E-state index contributed by atoms with van der Waals surface area (Å²) < 4.78 is 0. The molecule has 0 saturated carbocycles. The maximum atomic E-state index is 12.2. The Hall–Kier alpha value is -2.48. The third-order valence-electron chi connectivity index (χ3n) is 4.54. The maximum Gasteiger partial charge on any atom is 0.263 e. The quantitative estimate of drug-likeness (QED) is 0.644. The number of likely N-dealkylation sites (tertiary alicyclic amines) is 1. The van der Waals surface area contributed by atoms with Crippen molar-refractivity contribution in [3.05, 3.63) is 41.6 Å². The van der Waals surface area contributed by atoms with Crippen molar-refractivity contribution in [1.29, 1.82) is 5.26 Å². The average Bonchev–Trinajstić information content (AvgIpc) is 2.56. The van der Waals surface area contributed by atoms with Crippen molar-refractivity contribution in [1.82, 2.24) is 10.2 Å². The SMILES string of the molecule is CC1CCCC(C)N1/C=C(/C#N)C(=O)NCCc1ccc(O)cc1. The predicted molar refractivity (Wildman–Crippen MR) is 93.1 cm³/mol. The van der Waals surface area contributed by atoms with E-state index in [0.717, 1.165) is 18.4 Å². The first-order valence-electron chi connectivity index (χ1n) is 8.46. The van der Waals surface area contributed by atoms with Gasteiger partial charge >= 0.3 is 0 Å². The molecule has 2 rings (SSSR count). The normalized spacial score (nSPS) is 21.2. The number of piperidine rings is 1. The van der Waals surface area contributed by atoms with Crippen LogP contribution in [0.25, 0.3) is 0 Å². The van der Waals surface area contributed by atoms with Crippen molar-refractivity contribution in [2.45, 2.75) is 51.6 Å². The lowest BCUT2D eigenvalue weighted by molar-refractivity contribution is -0.117. The summed E-state index contributed by atoms with van der Waals surface area (Å²) in [4.78, 5) is 14.4. The molecular formula is C19H25N3O2. The Morgan fingerprint density at radius 1 is 1.33 bits per heavy atom. The van der Waals surface area contributed by atoms with Gasteiger partial charge in [-0.05, 0) is 57.2 Å². The first-order chi connectivity index (χ1) is 11.5. The summed E-state index contributed by atoms with van der Waals surface area (Å²) in [6.07, 6.45) is 5.73. The lowest BCUT2D eigenvalue weighted by Crippen LogP contribution is -2.40. The van der Waals surface area contributed by atoms with Crippen LogP contribution in [0.15, 0.2) is 36.0 Å². The molecule has 1 amide bonds. The molecule has 2 N–H and O–H groups in total. The van der Waals surface area contributed by atoms with Gasteiger partial charge in [0.05, 0.1) is 0 Å². The van der Waals surface area contributed by atoms with Gasteiger partial charge in [-0.2, -0.15) is 5.26 Å². The molecule has 1 aromatic carbocycles. The fourth-order valence-electron chi connectivity index (χ4n) is 3.06. The van der Waals surface area contributed by atoms with Gasteiger partial charge in [0, 0.05) is 24.8 Å². The summed E-state index contributed by atoms with van der Waals surface area (Å²) in [5.41, 5.74) is 1.18. The predicted octanol–water partition coefficient (Wildman–Crippen LogP) is 2.72. The Bertz CT molecular complexity index is 621. The molecule has 0 aromatic heterocycles. The van der Waals surface area contributed by atoms with Gasteiger partial charge in [0.15, 0.2) is 0 Å². The molecular weight excluding hydrogens is 302 g/mol. The molecule has 1 saturated heterocycles. The first kappa shape index (κ1) is 17.9. The van der Waals surface area contributed by atoms with E-state index >= 15 is 0 Å². The summed E-state index contributed by atoms with van der Waals surface area (Å²) in [5, 5.41) is 21.4. The van der Waals surface area contributed by atoms with Gasteiger partial charge in [0.1, 0.15) is 17.4 Å². The zero-order chi connectivity index (χ0) is 17.5. The van der Waals surface area contributed by atoms with Crippen molar-refractivity contribution in [2.75, 3.05) is 6.54 Å². The Balaban J connectivity index is 1.92. The Labute approximate surface area is 143 Å². The van der Waals surface area contributed by atoms with Gasteiger partial charge in [-0.3, -0.25) is 4.79 Å². The number of nitriles is 1. The summed E-state index contributed by atoms with van der Waals surface area (Å²) in [6, 6.07) is 9.60. The van der Waals surface area contributed by atoms with Crippen molar-refractivity contribution >= 4 is 5.91 Å². The van der Waals surface area contributed by atoms with E-state index in [-0.39, 0.29) is 17.2 Å². The van der Waals surface area contributed by atoms with Crippen LogP contribution in [0.1, 0.15) is 38.7 Å². The van der Waals surface area contributed by atoms with Gasteiger partial charge < -0.3 is 15.3 Å². The smallest absolute Gasteiger partial charge is 0.263 e. The molecule has 1 aliphatic rings. The minimum Gasteiger partial charge on any atom is -0.508 e. The van der Waals surface area contributed by atoms with Crippen molar-refractivity contribution in [3.63, 3.8) is 0 Å². The number of amides is 1. The number of rotatable bonds is 5. The fraction of sp³-hybridized carbons (Fsp3) is 0.474. The van der Waals surface area contributed by atoms with E-state index in [9.17, 15) is 15.2 Å². The zero-order valence-electron chi connectivity index (χ0n) is 14.3. The lowest BCUT2D eigenvalue weighted by Gasteiger charge is -2.38. The highest BCUT2D eigenvalue weighted by Gasteiger charge is 2.23. The number of aromatic hydroxyl groups is 1. The summed E-state index contributed by atoms with van der Waals surface area (Å²) >= 11 is 0. The van der Waals surface area contributed by atoms with E-state index in [1.165, 1.54) is 6.42 Å². The number of carbonyl (C=O) groups is 1. The van der Waals surface area contributed by atoms with Gasteiger partial charge in [0.2, 0.25) is 0 Å². The van der Waals surface area contributed by atoms with Crippen LogP contribution in [0.4, 0.5) is 0 Å². The number of hydrogen-bond donors (Lipinski definition) is 2. The van der Waals surface area contributed by atoms with Crippen LogP contribution in [-0.2, 0) is 11.2 Å². The molecule has 5 heteroatoms. The molecule has 0 bridgehead atoms. The maximum absolute atomic E-state index is 12.2. The van der Waals surface area contributed by atoms with E-state index in [1.807, 2.05) is 18.2 Å². The molecule has 1 aromatic rings. The second-order valence-corrected chi connectivity index (χ2v) is 6.40. The molecule has 1 heterocycles. The third-order valence-corrected chi connectivity index (χ3v) is 4.54. The van der Waals surface area contributed by atoms with Crippen molar-refractivity contribution < 1.29 is 9.90 Å². The molecule has 128 valence electrons. The second kappa shape index (κ2) is 8.39. The van der Waals surface area contributed by atoms with Crippen LogP contribution in [-0.4, -0.2) is 34.5 Å². The number of benzene rings is 1. The van der Waals surface area contributed by atoms with E-state index in [4.69, 9.17) is 0 Å². The van der Waals surface area contributed by atoms with Gasteiger partial charge in [-0.1, -0.05) is 12.1 Å². The lowest BCUT2D eigenvalue weighted by atomic mass is 9.98. The third kappa shape index (κ3) is 4.76. The molecule has 0 radical (unpaired) electrons. The van der Waals surface area contributed by atoms with Crippen LogP contribution in [0.3, 0.4) is 0 Å². The highest BCUT2D eigenvalue weighted by molar-refractivity contribution is 5.97. The van der Waals surface area contributed by atoms with Gasteiger partial charge in [-0.25, -0.2) is 0 Å². The Morgan fingerprint density at radius 3 is 2.54 bits per heavy atom. The minimum absolute atomic E-state index is 0.154. The molecule has 24 heavy (non-hydrogen) atoms. The summed E-state index contributed by atoms with van der Waals surface area (Å²) in [7, 11) is 0. The monoisotopic (exact) mass is 327 g/mol. The molecule has 1 fully saturated rings. The molecule has 0 spiro atoms. The van der Waals surface area contributed by atoms with Crippen LogP contribution in [0.5, 0.6) is 5.75 Å². The standard InChI is InChI=1S/C19H25N3O2/c1-14-4-3-5-15(2)22(14)13-17(12-20)19(24)21-11-10-16-6-8-18(23)9-7-16/h6-9,13-15,23H,3-5,10-11H2,1-2H3,(H,21,24)/b17-13-. The summed E-state index contributed by atoms with van der Waals surface area (Å²) in [5.74, 6) is -0.108. The topological polar surface area (TPSA) is 76.4 Å². The second-order valence-electron chi connectivity index (χ2n) is 6.40. The van der Waals surface area contributed by atoms with Crippen molar-refractivity contribution in [3.8, 4) is 11.8 Å². The van der Waals surface area contributed by atoms with Crippen molar-refractivity contribution in [2.24, 2.45) is 0 Å². The summed E-state index contributed by atoms with van der Waals surface area (Å²) in [6.45, 7) is 4.71. The Kier molecular flexibility index (Phi) is 6.25. The highest BCUT2D eigenvalue weighted by atomic mass is 16.3. The number of nitrogens with zero attached hydrogens (tertiary/aromatic N) is 2. The van der Waals surface area contributed by atoms with E-state index in [2.05, 4.69) is 24.1 Å². The number of nitrogens with one attached hydrogen (secondary N) is 1. The van der Waals surface area contributed by atoms with Crippen LogP contribution < -0.4 is 5.32 Å². The molecule has 1 aliphatic heterocycles. The fourth-order valence-corrected chi connectivity index (χ4v) is 3.06. The zero-order valence-corrected chi connectivity index (χ0v) is 14.3. The average molecular weight is 327 g/mol. The largest absolute Gasteiger partial charge is 0.508 e. The van der Waals surface area contributed by atoms with Gasteiger partial charge in [0.25, 0.3) is 5.91 Å². The van der Waals surface area contributed by atoms with Crippen LogP contribution in [0, 0.1) is 11.3 Å². The minimum atomic E-state index is -0.332. The van der Waals surface area contributed by atoms with E-state index in [1.54, 1.807) is 18.3 Å². The number of hydrogen-bond acceptors (Lipinski definition) is 4. The first-order valence-corrected chi connectivity index (χ1v) is 8.46. The number of phenols is 1. The molecule has 2 unspecified atom stereocenters. The number of phenolic OH excluding ortho intramolecular Hbond substituents is 1.